The zero-order valence-electron chi connectivity index (χ0n) is 42.7. The van der Waals surface area contributed by atoms with Gasteiger partial charge in [0.1, 0.15) is 33.7 Å². The molecule has 2 aliphatic carbocycles. The first-order valence-electron chi connectivity index (χ1n) is 24.8. The molecule has 3 heterocycles. The van der Waals surface area contributed by atoms with Gasteiger partial charge in [-0.05, 0) is 138 Å². The minimum absolute atomic E-state index is 0.00698. The topological polar surface area (TPSA) is 172 Å². The Morgan fingerprint density at radius 1 is 0.797 bits per heavy atom. The second-order valence-corrected chi connectivity index (χ2v) is 22.1. The molecule has 1 unspecified atom stereocenters. The maximum atomic E-state index is 12.9. The summed E-state index contributed by atoms with van der Waals surface area (Å²) in [5.41, 5.74) is 8.68. The lowest BCUT2D eigenvalue weighted by Crippen LogP contribution is -2.41. The molecule has 3 atom stereocenters. The molecule has 384 valence electrons. The van der Waals surface area contributed by atoms with Gasteiger partial charge < -0.3 is 34.6 Å². The third kappa shape index (κ3) is 12.4. The number of carboxylic acids is 1. The maximum absolute atomic E-state index is 12.9. The first kappa shape index (κ1) is 53.2. The molecule has 0 spiro atoms. The standard InChI is InChI=1S/C29H31N3O5S.C28H30N4O3S/c1-17(2)36-24-13-10-18(14-22(24)30-6)27-31-15-25(38-27)21-9-7-8-20-19(21)11-12-23(20)32(16-26(33)34)28(35)37-29(3,4)5;1-17(2)35-25-10-7-18(13-24(25)29-3)28-31-14-26(36-28)22-6-4-5-21-20(22)8-9-23(21)30-15-27(34)32-12-11-19(33)16-32/h7-10,13-15,17,23H,11-12,16H2,1-5H3,(H,33,34);4-7,10,13-14,17,19,23,30,33H,8-9,11-12,15-16H2,1-2H3/t23-;19?,23-/m00/s1. The van der Waals surface area contributed by atoms with E-state index in [1.54, 1.807) is 43.1 Å². The molecule has 6 aromatic rings. The summed E-state index contributed by atoms with van der Waals surface area (Å²) in [6.07, 6.45) is 6.53. The van der Waals surface area contributed by atoms with E-state index in [2.05, 4.69) is 43.2 Å². The van der Waals surface area contributed by atoms with Crippen molar-refractivity contribution in [2.24, 2.45) is 0 Å². The van der Waals surface area contributed by atoms with Crippen LogP contribution in [0.3, 0.4) is 0 Å². The van der Waals surface area contributed by atoms with Crippen molar-refractivity contribution in [3.05, 3.63) is 130 Å². The fourth-order valence-corrected chi connectivity index (χ4v) is 11.5. The van der Waals surface area contributed by atoms with E-state index in [0.29, 0.717) is 55.2 Å². The molecule has 1 aliphatic heterocycles. The first-order chi connectivity index (χ1) is 35.4. The third-order valence-corrected chi connectivity index (χ3v) is 14.9. The summed E-state index contributed by atoms with van der Waals surface area (Å²) >= 11 is 3.15. The second-order valence-electron chi connectivity index (χ2n) is 20.0. The van der Waals surface area contributed by atoms with Crippen molar-refractivity contribution in [1.29, 1.82) is 0 Å². The molecule has 1 saturated heterocycles. The number of aliphatic hydroxyl groups excluding tert-OH is 1. The van der Waals surface area contributed by atoms with Gasteiger partial charge in [-0.2, -0.15) is 0 Å². The Kier molecular flexibility index (Phi) is 16.5. The van der Waals surface area contributed by atoms with Gasteiger partial charge in [-0.25, -0.2) is 24.5 Å². The third-order valence-electron chi connectivity index (χ3n) is 12.8. The molecule has 4 aromatic carbocycles. The summed E-state index contributed by atoms with van der Waals surface area (Å²) < 4.78 is 17.0. The highest BCUT2D eigenvalue weighted by Gasteiger charge is 2.36. The number of rotatable bonds is 14. The monoisotopic (exact) mass is 1040 g/mol. The van der Waals surface area contributed by atoms with Gasteiger partial charge in [0, 0.05) is 42.7 Å². The number of nitrogens with zero attached hydrogens (tertiary/aromatic N) is 6. The number of hydrogen-bond donors (Lipinski definition) is 3. The Hall–Kier alpha value is -7.15. The smallest absolute Gasteiger partial charge is 0.411 e. The molecule has 0 radical (unpaired) electrons. The highest BCUT2D eigenvalue weighted by Crippen LogP contribution is 2.45. The van der Waals surface area contributed by atoms with Gasteiger partial charge in [0.2, 0.25) is 17.3 Å². The fourth-order valence-electron chi connectivity index (χ4n) is 9.59. The van der Waals surface area contributed by atoms with E-state index in [1.165, 1.54) is 32.9 Å². The summed E-state index contributed by atoms with van der Waals surface area (Å²) in [4.78, 5) is 58.8. The molecule has 0 bridgehead atoms. The van der Waals surface area contributed by atoms with Crippen LogP contribution in [0, 0.1) is 13.1 Å². The Morgan fingerprint density at radius 3 is 1.84 bits per heavy atom. The lowest BCUT2D eigenvalue weighted by Gasteiger charge is -2.31. The summed E-state index contributed by atoms with van der Waals surface area (Å²) in [5, 5.41) is 24.3. The van der Waals surface area contributed by atoms with Crippen LogP contribution in [-0.2, 0) is 27.2 Å². The number of carbonyl (C=O) groups is 3. The van der Waals surface area contributed by atoms with Crippen LogP contribution in [0.1, 0.15) is 102 Å². The van der Waals surface area contributed by atoms with E-state index in [-0.39, 0.29) is 30.7 Å². The van der Waals surface area contributed by atoms with Crippen molar-refractivity contribution in [3.8, 4) is 53.5 Å². The van der Waals surface area contributed by atoms with Crippen LogP contribution in [0.25, 0.3) is 51.7 Å². The minimum atomic E-state index is -1.09. The Bertz CT molecular complexity index is 3130. The summed E-state index contributed by atoms with van der Waals surface area (Å²) in [6.45, 7) is 29.0. The largest absolute Gasteiger partial charge is 0.502 e. The number of nitrogens with one attached hydrogen (secondary N) is 1. The zero-order valence-corrected chi connectivity index (χ0v) is 44.3. The van der Waals surface area contributed by atoms with Crippen LogP contribution in [0.15, 0.2) is 85.2 Å². The molecule has 74 heavy (non-hydrogen) atoms. The van der Waals surface area contributed by atoms with Crippen molar-refractivity contribution < 1.29 is 38.8 Å². The number of carbonyl (C=O) groups excluding carboxylic acids is 2. The van der Waals surface area contributed by atoms with Crippen LogP contribution in [0.2, 0.25) is 0 Å². The van der Waals surface area contributed by atoms with Crippen molar-refractivity contribution >= 4 is 52.0 Å². The van der Waals surface area contributed by atoms with Crippen LogP contribution in [-0.4, -0.2) is 98.0 Å². The normalized spacial score (nSPS) is 16.7. The van der Waals surface area contributed by atoms with Gasteiger partial charge in [0.15, 0.2) is 0 Å². The number of hydrogen-bond acceptors (Lipinski definition) is 12. The second kappa shape index (κ2) is 22.9. The van der Waals surface area contributed by atoms with E-state index >= 15 is 0 Å². The fraction of sp³-hybridized carbons (Fsp3) is 0.386. The number of β-amino-alcohol motifs (C(OH)–C–C–N with tert-alkyl or cyclic N) is 1. The Labute approximate surface area is 440 Å². The number of carboxylic acid groups (broad SMARTS) is 1. The average Bonchev–Trinajstić information content (AvgIpc) is 4.23. The van der Waals surface area contributed by atoms with Gasteiger partial charge in [0.25, 0.3) is 0 Å². The number of aliphatic hydroxyl groups is 1. The Balaban J connectivity index is 0.000000197. The summed E-state index contributed by atoms with van der Waals surface area (Å²) in [5.74, 6) is 0.112. The van der Waals surface area contributed by atoms with E-state index in [9.17, 15) is 24.6 Å². The molecule has 17 heteroatoms. The highest BCUT2D eigenvalue weighted by atomic mass is 32.1. The number of aliphatic carboxylic acids is 1. The maximum Gasteiger partial charge on any atom is 0.411 e. The molecule has 3 N–H and O–H groups in total. The average molecular weight is 1040 g/mol. The number of aromatic nitrogens is 2. The van der Waals surface area contributed by atoms with Crippen LogP contribution in [0.4, 0.5) is 16.2 Å². The molecule has 1 fully saturated rings. The minimum Gasteiger partial charge on any atom is -0.502 e. The van der Waals surface area contributed by atoms with Gasteiger partial charge >= 0.3 is 12.1 Å². The number of ether oxygens (including phenoxy) is 3. The van der Waals surface area contributed by atoms with Gasteiger partial charge in [-0.15, -0.1) is 22.7 Å². The van der Waals surface area contributed by atoms with Gasteiger partial charge in [-0.1, -0.05) is 48.5 Å². The van der Waals surface area contributed by atoms with Crippen molar-refractivity contribution in [2.75, 3.05) is 26.2 Å². The predicted octanol–water partition coefficient (Wildman–Crippen LogP) is 12.1. The van der Waals surface area contributed by atoms with Crippen LogP contribution in [0.5, 0.6) is 11.5 Å². The molecule has 3 aliphatic rings. The summed E-state index contributed by atoms with van der Waals surface area (Å²) in [6, 6.07) is 23.2. The van der Waals surface area contributed by atoms with Crippen molar-refractivity contribution in [3.63, 3.8) is 0 Å². The number of fused-ring (bicyclic) bond motifs is 2. The molecule has 15 nitrogen and oxygen atoms in total. The lowest BCUT2D eigenvalue weighted by molar-refractivity contribution is -0.139. The van der Waals surface area contributed by atoms with Crippen LogP contribution >= 0.6 is 22.7 Å². The Morgan fingerprint density at radius 2 is 1.34 bits per heavy atom. The van der Waals surface area contributed by atoms with E-state index in [0.717, 1.165) is 60.4 Å². The quantitative estimate of drug-likeness (QED) is 0.0887. The molecular weight excluding hydrogens is 975 g/mol. The number of amides is 2. The van der Waals surface area contributed by atoms with Gasteiger partial charge in [0.05, 0.1) is 53.8 Å². The van der Waals surface area contributed by atoms with Gasteiger partial charge in [-0.3, -0.25) is 14.5 Å². The van der Waals surface area contributed by atoms with Crippen molar-refractivity contribution in [2.45, 2.75) is 117 Å². The van der Waals surface area contributed by atoms with Crippen molar-refractivity contribution in [1.82, 2.24) is 25.1 Å². The molecule has 2 aromatic heterocycles. The molecule has 0 saturated carbocycles. The van der Waals surface area contributed by atoms with Crippen LogP contribution < -0.4 is 14.8 Å². The van der Waals surface area contributed by atoms with E-state index < -0.39 is 36.4 Å². The molecule has 2 amide bonds. The SMILES string of the molecule is [C-]#[N+]c1cc(-c2ncc(-c3cccc4c3CC[C@@H]4N(CC(=O)O)C(=O)OC(C)(C)C)s2)ccc1OC(C)C.[C-]#[N+]c1cc(-c2ncc(-c3cccc4c3CC[C@@H]4NCC(=O)N3CCC(O)C3)s2)ccc1OC(C)C. The summed E-state index contributed by atoms with van der Waals surface area (Å²) in [7, 11) is 0. The highest BCUT2D eigenvalue weighted by molar-refractivity contribution is 7.18. The molecular formula is C57H61N7O8S2. The van der Waals surface area contributed by atoms with E-state index in [4.69, 9.17) is 27.4 Å². The number of benzene rings is 4. The number of likely N-dealkylation sites (tertiary alicyclic amines) is 1. The first-order valence-corrected chi connectivity index (χ1v) is 26.5. The zero-order chi connectivity index (χ0) is 52.8. The predicted molar refractivity (Wildman–Crippen MR) is 288 cm³/mol. The lowest BCUT2D eigenvalue weighted by atomic mass is 10.0. The molecule has 9 rings (SSSR count). The van der Waals surface area contributed by atoms with E-state index in [1.807, 2.05) is 88.6 Å². The number of thiazole rings is 2.